The van der Waals surface area contributed by atoms with Crippen LogP contribution in [0.4, 0.5) is 8.78 Å². The van der Waals surface area contributed by atoms with E-state index in [4.69, 9.17) is 11.6 Å². The second-order valence-electron chi connectivity index (χ2n) is 2.31. The molecule has 1 aromatic rings. The molecular weight excluding hydrogens is 267 g/mol. The van der Waals surface area contributed by atoms with E-state index in [9.17, 15) is 13.6 Å². The molecule has 0 aliphatic carbocycles. The van der Waals surface area contributed by atoms with Crippen LogP contribution in [0, 0.1) is 0 Å². The number of nitrogens with one attached hydrogen (secondary N) is 1. The number of hydrogen-bond donors (Lipinski definition) is 1. The highest BCUT2D eigenvalue weighted by Gasteiger charge is 2.16. The van der Waals surface area contributed by atoms with Crippen molar-refractivity contribution in [3.63, 3.8) is 0 Å². The molecule has 0 aliphatic heterocycles. The van der Waals surface area contributed by atoms with Gasteiger partial charge in [0, 0.05) is 17.0 Å². The summed E-state index contributed by atoms with van der Waals surface area (Å²) in [5.41, 5.74) is -0.898. The van der Waals surface area contributed by atoms with E-state index in [0.717, 1.165) is 6.07 Å². The molecule has 72 valence electrons. The van der Waals surface area contributed by atoms with E-state index in [2.05, 4.69) is 20.9 Å². The smallest absolute Gasteiger partial charge is 0.278 e. The van der Waals surface area contributed by atoms with Crippen LogP contribution in [0.2, 0.25) is 5.15 Å². The SMILES string of the molecule is O=c1cc(Cl)[nH]c(C(F)F)c1CBr. The van der Waals surface area contributed by atoms with Gasteiger partial charge in [0.1, 0.15) is 5.15 Å². The van der Waals surface area contributed by atoms with Crippen LogP contribution in [0.3, 0.4) is 0 Å². The predicted molar refractivity (Wildman–Crippen MR) is 49.7 cm³/mol. The van der Waals surface area contributed by atoms with Gasteiger partial charge in [-0.05, 0) is 0 Å². The molecule has 0 bridgehead atoms. The van der Waals surface area contributed by atoms with Gasteiger partial charge in [-0.25, -0.2) is 8.78 Å². The minimum Gasteiger partial charge on any atom is -0.344 e. The van der Waals surface area contributed by atoms with E-state index in [1.54, 1.807) is 0 Å². The van der Waals surface area contributed by atoms with Crippen molar-refractivity contribution in [1.82, 2.24) is 4.98 Å². The fourth-order valence-electron chi connectivity index (χ4n) is 0.899. The Hall–Kier alpha value is -0.420. The zero-order valence-electron chi connectivity index (χ0n) is 6.28. The van der Waals surface area contributed by atoms with Crippen LogP contribution >= 0.6 is 27.5 Å². The molecule has 1 aromatic heterocycles. The summed E-state index contributed by atoms with van der Waals surface area (Å²) in [6.45, 7) is 0. The quantitative estimate of drug-likeness (QED) is 0.652. The fourth-order valence-corrected chi connectivity index (χ4v) is 1.68. The molecule has 1 N–H and O–H groups in total. The molecule has 0 aliphatic rings. The maximum Gasteiger partial charge on any atom is 0.278 e. The summed E-state index contributed by atoms with van der Waals surface area (Å²) in [5, 5.41) is 0.00381. The van der Waals surface area contributed by atoms with Gasteiger partial charge in [0.15, 0.2) is 5.43 Å². The summed E-state index contributed by atoms with van der Waals surface area (Å²) in [6, 6.07) is 1.07. The van der Waals surface area contributed by atoms with Crippen molar-refractivity contribution in [2.24, 2.45) is 0 Å². The van der Waals surface area contributed by atoms with E-state index in [-0.39, 0.29) is 16.0 Å². The molecule has 0 fully saturated rings. The Morgan fingerprint density at radius 1 is 1.62 bits per heavy atom. The molecule has 0 amide bonds. The maximum absolute atomic E-state index is 12.3. The van der Waals surface area contributed by atoms with E-state index < -0.39 is 17.5 Å². The lowest BCUT2D eigenvalue weighted by molar-refractivity contribution is 0.145. The third-order valence-corrected chi connectivity index (χ3v) is 2.25. The molecule has 0 spiro atoms. The van der Waals surface area contributed by atoms with Crippen LogP contribution in [0.15, 0.2) is 10.9 Å². The van der Waals surface area contributed by atoms with Gasteiger partial charge >= 0.3 is 0 Å². The van der Waals surface area contributed by atoms with Crippen LogP contribution in [0.1, 0.15) is 17.7 Å². The van der Waals surface area contributed by atoms with Crippen molar-refractivity contribution < 1.29 is 8.78 Å². The topological polar surface area (TPSA) is 32.9 Å². The molecule has 13 heavy (non-hydrogen) atoms. The fraction of sp³-hybridized carbons (Fsp3) is 0.286. The monoisotopic (exact) mass is 271 g/mol. The van der Waals surface area contributed by atoms with E-state index >= 15 is 0 Å². The van der Waals surface area contributed by atoms with Crippen molar-refractivity contribution in [2.75, 3.05) is 0 Å². The van der Waals surface area contributed by atoms with Gasteiger partial charge in [-0.3, -0.25) is 4.79 Å². The first kappa shape index (κ1) is 10.7. The summed E-state index contributed by atoms with van der Waals surface area (Å²) in [6.07, 6.45) is -2.72. The molecule has 0 saturated heterocycles. The van der Waals surface area contributed by atoms with Crippen molar-refractivity contribution in [1.29, 1.82) is 0 Å². The van der Waals surface area contributed by atoms with Gasteiger partial charge in [-0.1, -0.05) is 27.5 Å². The lowest BCUT2D eigenvalue weighted by Gasteiger charge is -2.05. The molecule has 1 heterocycles. The van der Waals surface area contributed by atoms with Crippen molar-refractivity contribution >= 4 is 27.5 Å². The average Bonchev–Trinajstić information content (AvgIpc) is 2.02. The number of rotatable bonds is 2. The predicted octanol–water partition coefficient (Wildman–Crippen LogP) is 2.86. The summed E-state index contributed by atoms with van der Waals surface area (Å²) in [5.74, 6) is 0. The Morgan fingerprint density at radius 2 is 2.23 bits per heavy atom. The first-order valence-electron chi connectivity index (χ1n) is 3.32. The van der Waals surface area contributed by atoms with Crippen molar-refractivity contribution in [3.8, 4) is 0 Å². The van der Waals surface area contributed by atoms with Crippen LogP contribution < -0.4 is 5.43 Å². The number of aromatic nitrogens is 1. The third-order valence-electron chi connectivity index (χ3n) is 1.49. The first-order chi connectivity index (χ1) is 6.06. The zero-order chi connectivity index (χ0) is 10.0. The van der Waals surface area contributed by atoms with Crippen LogP contribution in [-0.2, 0) is 5.33 Å². The van der Waals surface area contributed by atoms with Crippen molar-refractivity contribution in [2.45, 2.75) is 11.8 Å². The molecule has 0 radical (unpaired) electrons. The normalized spacial score (nSPS) is 10.8. The van der Waals surface area contributed by atoms with E-state index in [1.165, 1.54) is 0 Å². The molecule has 1 rings (SSSR count). The van der Waals surface area contributed by atoms with Gasteiger partial charge < -0.3 is 4.98 Å². The van der Waals surface area contributed by atoms with Gasteiger partial charge in [-0.15, -0.1) is 0 Å². The highest BCUT2D eigenvalue weighted by atomic mass is 79.9. The van der Waals surface area contributed by atoms with Crippen LogP contribution in [-0.4, -0.2) is 4.98 Å². The number of aromatic amines is 1. The van der Waals surface area contributed by atoms with Gasteiger partial charge in [0.2, 0.25) is 0 Å². The average molecular weight is 272 g/mol. The number of hydrogen-bond acceptors (Lipinski definition) is 1. The van der Waals surface area contributed by atoms with Crippen molar-refractivity contribution in [3.05, 3.63) is 32.7 Å². The van der Waals surface area contributed by atoms with Crippen LogP contribution in [0.5, 0.6) is 0 Å². The van der Waals surface area contributed by atoms with Gasteiger partial charge in [0.05, 0.1) is 5.69 Å². The molecular formula is C7H5BrClF2NO. The number of H-pyrrole nitrogens is 1. The first-order valence-corrected chi connectivity index (χ1v) is 4.82. The molecule has 0 atom stereocenters. The Morgan fingerprint density at radius 3 is 2.69 bits per heavy atom. The lowest BCUT2D eigenvalue weighted by atomic mass is 10.2. The van der Waals surface area contributed by atoms with E-state index in [1.807, 2.05) is 0 Å². The Labute approximate surface area is 86.0 Å². The highest BCUT2D eigenvalue weighted by molar-refractivity contribution is 9.08. The third kappa shape index (κ3) is 2.28. The minimum absolute atomic E-state index is 0.0133. The summed E-state index contributed by atoms with van der Waals surface area (Å²) >= 11 is 8.37. The van der Waals surface area contributed by atoms with E-state index in [0.29, 0.717) is 0 Å². The second-order valence-corrected chi connectivity index (χ2v) is 3.28. The summed E-state index contributed by atoms with van der Waals surface area (Å²) in [4.78, 5) is 13.4. The number of halogens is 4. The Balaban J connectivity index is 3.38. The molecule has 2 nitrogen and oxygen atoms in total. The molecule has 0 aromatic carbocycles. The zero-order valence-corrected chi connectivity index (χ0v) is 8.62. The Bertz CT molecular complexity index is 366. The maximum atomic E-state index is 12.3. The molecule has 0 unspecified atom stereocenters. The molecule has 6 heteroatoms. The standard InChI is InChI=1S/C7H5BrClF2NO/c8-2-3-4(13)1-5(9)12-6(3)7(10)11/h1,7H,2H2,(H,12,13). The Kier molecular flexibility index (Phi) is 3.44. The van der Waals surface area contributed by atoms with Gasteiger partial charge in [-0.2, -0.15) is 0 Å². The lowest BCUT2D eigenvalue weighted by Crippen LogP contribution is -2.12. The summed E-state index contributed by atoms with van der Waals surface area (Å²) < 4.78 is 24.6. The number of alkyl halides is 3. The molecule has 0 saturated carbocycles. The second kappa shape index (κ2) is 4.19. The van der Waals surface area contributed by atoms with Gasteiger partial charge in [0.25, 0.3) is 6.43 Å². The largest absolute Gasteiger partial charge is 0.344 e. The van der Waals surface area contributed by atoms with Crippen LogP contribution in [0.25, 0.3) is 0 Å². The highest BCUT2D eigenvalue weighted by Crippen LogP contribution is 2.21. The summed E-state index contributed by atoms with van der Waals surface area (Å²) in [7, 11) is 0. The number of pyridine rings is 1. The minimum atomic E-state index is -2.72.